The van der Waals surface area contributed by atoms with Gasteiger partial charge in [0.1, 0.15) is 17.3 Å². The van der Waals surface area contributed by atoms with Crippen LogP contribution in [0.3, 0.4) is 0 Å². The number of hydrogen-bond acceptors (Lipinski definition) is 5. The van der Waals surface area contributed by atoms with E-state index < -0.39 is 5.92 Å². The zero-order chi connectivity index (χ0) is 26.9. The first-order valence-electron chi connectivity index (χ1n) is 12.8. The van der Waals surface area contributed by atoms with E-state index in [4.69, 9.17) is 16.0 Å². The van der Waals surface area contributed by atoms with Crippen molar-refractivity contribution < 1.29 is 14.0 Å². The average molecular weight is 536 g/mol. The number of ketones is 1. The summed E-state index contributed by atoms with van der Waals surface area (Å²) in [7, 11) is 0. The van der Waals surface area contributed by atoms with Crippen molar-refractivity contribution in [3.05, 3.63) is 130 Å². The molecule has 2 aliphatic rings. The molecule has 0 saturated heterocycles. The highest BCUT2D eigenvalue weighted by Gasteiger charge is 2.42. The fourth-order valence-electron chi connectivity index (χ4n) is 5.51. The normalized spacial score (nSPS) is 19.0. The topological polar surface area (TPSA) is 84.2 Å². The Morgan fingerprint density at radius 3 is 2.59 bits per heavy atom. The van der Waals surface area contributed by atoms with E-state index in [2.05, 4.69) is 27.8 Å². The summed E-state index contributed by atoms with van der Waals surface area (Å²) in [6, 6.07) is 26.5. The second-order valence-electron chi connectivity index (χ2n) is 9.81. The molecule has 0 bridgehead atoms. The van der Waals surface area contributed by atoms with Gasteiger partial charge in [0.15, 0.2) is 5.78 Å². The predicted molar refractivity (Wildman–Crippen MR) is 151 cm³/mol. The van der Waals surface area contributed by atoms with E-state index in [1.165, 1.54) is 0 Å². The summed E-state index contributed by atoms with van der Waals surface area (Å²) in [4.78, 5) is 31.8. The Morgan fingerprint density at radius 1 is 1.00 bits per heavy atom. The Kier molecular flexibility index (Phi) is 6.63. The third-order valence-corrected chi connectivity index (χ3v) is 7.51. The first kappa shape index (κ1) is 24.9. The number of nitrogens with one attached hydrogen (secondary N) is 2. The van der Waals surface area contributed by atoms with Gasteiger partial charge in [0.2, 0.25) is 0 Å². The van der Waals surface area contributed by atoms with Crippen molar-refractivity contribution in [2.45, 2.75) is 31.6 Å². The number of nitrogens with zero attached hydrogens (tertiary/aromatic N) is 1. The van der Waals surface area contributed by atoms with Crippen LogP contribution in [0.2, 0.25) is 5.02 Å². The minimum Gasteiger partial charge on any atom is -0.460 e. The van der Waals surface area contributed by atoms with Crippen LogP contribution in [-0.4, -0.2) is 16.7 Å². The van der Waals surface area contributed by atoms with Crippen LogP contribution in [0.5, 0.6) is 0 Å². The number of carbonyl (C=O) groups is 2. The minimum absolute atomic E-state index is 0.000977. The molecule has 1 aliphatic heterocycles. The molecule has 2 N–H and O–H groups in total. The summed E-state index contributed by atoms with van der Waals surface area (Å²) < 4.78 is 6.35. The molecule has 0 fully saturated rings. The van der Waals surface area contributed by atoms with Crippen molar-refractivity contribution in [1.82, 2.24) is 10.3 Å². The van der Waals surface area contributed by atoms with Gasteiger partial charge in [0.25, 0.3) is 5.91 Å². The highest BCUT2D eigenvalue weighted by Crippen LogP contribution is 2.46. The Hall–Kier alpha value is -4.42. The van der Waals surface area contributed by atoms with Crippen molar-refractivity contribution in [2.75, 3.05) is 5.32 Å². The number of amides is 1. The first-order chi connectivity index (χ1) is 19.0. The first-order valence-corrected chi connectivity index (χ1v) is 13.2. The van der Waals surface area contributed by atoms with Crippen LogP contribution in [0.15, 0.2) is 118 Å². The molecule has 2 atom stereocenters. The zero-order valence-electron chi connectivity index (χ0n) is 21.3. The van der Waals surface area contributed by atoms with Gasteiger partial charge < -0.3 is 15.1 Å². The number of aromatic nitrogens is 1. The predicted octanol–water partition coefficient (Wildman–Crippen LogP) is 7.00. The number of carbonyl (C=O) groups excluding carboxylic acids is 2. The summed E-state index contributed by atoms with van der Waals surface area (Å²) in [6.07, 6.45) is 2.64. The SMILES string of the molecule is CC1=C(C(=O)Nc2ccccn2)[C@H](c2ccc(-c3cccc(Cl)c3)o2)C2=C(C[C@@H](c3ccccc3)CC2=O)N1. The van der Waals surface area contributed by atoms with Gasteiger partial charge in [-0.05, 0) is 61.2 Å². The van der Waals surface area contributed by atoms with Gasteiger partial charge >= 0.3 is 0 Å². The standard InChI is InChI=1S/C32H26ClN3O3/c1-19-29(32(38)36-28-12-5-6-15-34-28)31(27-14-13-26(39-27)21-10-7-11-23(33)16-21)30-24(35-19)17-22(18-25(30)37)20-8-3-2-4-9-20/h2-16,22,31,35H,17-18H2,1H3,(H,34,36,38)/t22-,31+/m1/s1. The fraction of sp³-hybridized carbons (Fsp3) is 0.156. The molecule has 0 unspecified atom stereocenters. The van der Waals surface area contributed by atoms with Crippen molar-refractivity contribution in [2.24, 2.45) is 0 Å². The molecule has 39 heavy (non-hydrogen) atoms. The summed E-state index contributed by atoms with van der Waals surface area (Å²) in [5, 5.41) is 6.90. The molecule has 1 amide bonds. The average Bonchev–Trinajstić information content (AvgIpc) is 3.43. The maximum atomic E-state index is 13.8. The molecule has 3 heterocycles. The molecule has 194 valence electrons. The molecule has 0 spiro atoms. The van der Waals surface area contributed by atoms with Crippen LogP contribution in [0.1, 0.15) is 42.9 Å². The molecule has 4 aromatic rings. The molecule has 0 saturated carbocycles. The van der Waals surface area contributed by atoms with E-state index in [0.717, 1.165) is 16.8 Å². The van der Waals surface area contributed by atoms with E-state index in [1.54, 1.807) is 30.5 Å². The summed E-state index contributed by atoms with van der Waals surface area (Å²) >= 11 is 6.22. The molecule has 2 aromatic carbocycles. The lowest BCUT2D eigenvalue weighted by Crippen LogP contribution is -2.37. The Labute approximate surface area is 231 Å². The minimum atomic E-state index is -0.665. The van der Waals surface area contributed by atoms with Crippen LogP contribution in [0.25, 0.3) is 11.3 Å². The fourth-order valence-corrected chi connectivity index (χ4v) is 5.70. The third kappa shape index (κ3) is 4.91. The van der Waals surface area contributed by atoms with Gasteiger partial charge in [-0.3, -0.25) is 9.59 Å². The van der Waals surface area contributed by atoms with Crippen LogP contribution in [0, 0.1) is 0 Å². The number of allylic oxidation sites excluding steroid dienone is 3. The Bertz CT molecular complexity index is 1620. The van der Waals surface area contributed by atoms with Crippen molar-refractivity contribution in [3.8, 4) is 11.3 Å². The molecule has 2 aromatic heterocycles. The lowest BCUT2D eigenvalue weighted by molar-refractivity contribution is -0.116. The highest BCUT2D eigenvalue weighted by molar-refractivity contribution is 6.30. The van der Waals surface area contributed by atoms with Crippen LogP contribution >= 0.6 is 11.6 Å². The van der Waals surface area contributed by atoms with E-state index in [1.807, 2.05) is 55.5 Å². The van der Waals surface area contributed by atoms with Crippen LogP contribution in [-0.2, 0) is 9.59 Å². The molecule has 7 heteroatoms. The number of furan rings is 1. The van der Waals surface area contributed by atoms with Gasteiger partial charge in [-0.1, -0.05) is 60.1 Å². The van der Waals surface area contributed by atoms with Crippen molar-refractivity contribution in [3.63, 3.8) is 0 Å². The number of benzene rings is 2. The van der Waals surface area contributed by atoms with E-state index in [-0.39, 0.29) is 17.6 Å². The number of anilines is 1. The van der Waals surface area contributed by atoms with Gasteiger partial charge in [-0.15, -0.1) is 0 Å². The number of hydrogen-bond donors (Lipinski definition) is 2. The van der Waals surface area contributed by atoms with Crippen molar-refractivity contribution >= 4 is 29.1 Å². The monoisotopic (exact) mass is 535 g/mol. The lowest BCUT2D eigenvalue weighted by atomic mass is 9.73. The van der Waals surface area contributed by atoms with Crippen molar-refractivity contribution in [1.29, 1.82) is 0 Å². The molecular formula is C32H26ClN3O3. The maximum absolute atomic E-state index is 13.8. The third-order valence-electron chi connectivity index (χ3n) is 7.27. The zero-order valence-corrected chi connectivity index (χ0v) is 22.0. The largest absolute Gasteiger partial charge is 0.460 e. The van der Waals surface area contributed by atoms with Crippen LogP contribution in [0.4, 0.5) is 5.82 Å². The van der Waals surface area contributed by atoms with Crippen LogP contribution < -0.4 is 10.6 Å². The maximum Gasteiger partial charge on any atom is 0.255 e. The summed E-state index contributed by atoms with van der Waals surface area (Å²) in [5.74, 6) is 0.618. The Balaban J connectivity index is 1.43. The molecule has 0 radical (unpaired) electrons. The van der Waals surface area contributed by atoms with Gasteiger partial charge in [-0.2, -0.15) is 0 Å². The second kappa shape index (κ2) is 10.4. The van der Waals surface area contributed by atoms with E-state index in [9.17, 15) is 9.59 Å². The number of rotatable bonds is 5. The van der Waals surface area contributed by atoms with Gasteiger partial charge in [0.05, 0.1) is 11.5 Å². The molecule has 6 rings (SSSR count). The second-order valence-corrected chi connectivity index (χ2v) is 10.2. The number of pyridine rings is 1. The molecule has 6 nitrogen and oxygen atoms in total. The summed E-state index contributed by atoms with van der Waals surface area (Å²) in [5.41, 5.74) is 4.45. The van der Waals surface area contributed by atoms with E-state index in [0.29, 0.717) is 52.0 Å². The van der Waals surface area contributed by atoms with Gasteiger partial charge in [0, 0.05) is 40.2 Å². The highest BCUT2D eigenvalue weighted by atomic mass is 35.5. The number of Topliss-reactive ketones (excluding diaryl/α,β-unsaturated/α-hetero) is 1. The summed E-state index contributed by atoms with van der Waals surface area (Å²) in [6.45, 7) is 1.86. The smallest absolute Gasteiger partial charge is 0.255 e. The van der Waals surface area contributed by atoms with Gasteiger partial charge in [-0.25, -0.2) is 4.98 Å². The Morgan fingerprint density at radius 2 is 1.82 bits per heavy atom. The number of dihydropyridines is 1. The molecular weight excluding hydrogens is 510 g/mol. The number of halogens is 1. The van der Waals surface area contributed by atoms with E-state index >= 15 is 0 Å². The molecule has 1 aliphatic carbocycles. The quantitative estimate of drug-likeness (QED) is 0.287. The lowest BCUT2D eigenvalue weighted by Gasteiger charge is -2.36.